The van der Waals surface area contributed by atoms with Gasteiger partial charge in [-0.1, -0.05) is 43.7 Å². The monoisotopic (exact) mass is 428 g/mol. The summed E-state index contributed by atoms with van der Waals surface area (Å²) < 4.78 is 33.0. The third-order valence-electron chi connectivity index (χ3n) is 5.97. The fourth-order valence-corrected chi connectivity index (χ4v) is 5.69. The summed E-state index contributed by atoms with van der Waals surface area (Å²) >= 11 is 0. The lowest BCUT2D eigenvalue weighted by atomic mass is 10.0. The largest absolute Gasteiger partial charge is 0.444 e. The lowest BCUT2D eigenvalue weighted by Gasteiger charge is -2.39. The molecule has 0 saturated carbocycles. The number of cyclic esters (lactones) is 1. The van der Waals surface area contributed by atoms with Crippen molar-refractivity contribution in [2.75, 3.05) is 18.0 Å². The molecule has 0 aromatic heterocycles. The summed E-state index contributed by atoms with van der Waals surface area (Å²) in [5.74, 6) is 0. The predicted molar refractivity (Wildman–Crippen MR) is 116 cm³/mol. The second-order valence-corrected chi connectivity index (χ2v) is 9.87. The van der Waals surface area contributed by atoms with Gasteiger partial charge in [0.2, 0.25) is 10.0 Å². The van der Waals surface area contributed by atoms with Gasteiger partial charge >= 0.3 is 6.09 Å². The number of fused-ring (bicyclic) bond motifs is 1. The van der Waals surface area contributed by atoms with E-state index in [0.717, 1.165) is 36.1 Å². The minimum absolute atomic E-state index is 0.0678. The molecule has 30 heavy (non-hydrogen) atoms. The van der Waals surface area contributed by atoms with Crippen molar-refractivity contribution in [3.63, 3.8) is 0 Å². The van der Waals surface area contributed by atoms with Crippen LogP contribution in [0.25, 0.3) is 0 Å². The zero-order chi connectivity index (χ0) is 21.1. The summed E-state index contributed by atoms with van der Waals surface area (Å²) in [6, 6.07) is 14.9. The van der Waals surface area contributed by atoms with Crippen LogP contribution in [0.5, 0.6) is 0 Å². The number of nitrogens with zero attached hydrogens (tertiary/aromatic N) is 2. The van der Waals surface area contributed by atoms with Crippen molar-refractivity contribution in [1.29, 1.82) is 0 Å². The Morgan fingerprint density at radius 1 is 1.03 bits per heavy atom. The molecule has 0 atom stereocenters. The number of carbonyl (C=O) groups excluding carboxylic acids is 1. The van der Waals surface area contributed by atoms with Crippen LogP contribution in [0, 0.1) is 0 Å². The highest BCUT2D eigenvalue weighted by molar-refractivity contribution is 7.89. The van der Waals surface area contributed by atoms with Crippen LogP contribution in [-0.4, -0.2) is 37.9 Å². The molecule has 2 aliphatic rings. The second-order valence-electron chi connectivity index (χ2n) is 7.94. The van der Waals surface area contributed by atoms with Crippen molar-refractivity contribution in [1.82, 2.24) is 4.31 Å². The summed E-state index contributed by atoms with van der Waals surface area (Å²) in [7, 11) is -3.53. The van der Waals surface area contributed by atoms with E-state index in [1.165, 1.54) is 4.31 Å². The Balaban J connectivity index is 1.45. The number of hydrogen-bond acceptors (Lipinski definition) is 4. The molecule has 0 bridgehead atoms. The van der Waals surface area contributed by atoms with Crippen LogP contribution in [0.3, 0.4) is 0 Å². The normalized spacial score (nSPS) is 18.2. The van der Waals surface area contributed by atoms with Crippen LogP contribution in [0.15, 0.2) is 53.4 Å². The number of anilines is 1. The number of rotatable bonds is 6. The molecule has 4 rings (SSSR count). The van der Waals surface area contributed by atoms with E-state index < -0.39 is 10.0 Å². The molecular formula is C23H28N2O4S. The first-order chi connectivity index (χ1) is 14.5. The average molecular weight is 429 g/mol. The van der Waals surface area contributed by atoms with Gasteiger partial charge in [0.05, 0.1) is 10.6 Å². The molecule has 160 valence electrons. The zero-order valence-electron chi connectivity index (χ0n) is 17.3. The van der Waals surface area contributed by atoms with Crippen molar-refractivity contribution >= 4 is 21.8 Å². The van der Waals surface area contributed by atoms with E-state index in [-0.39, 0.29) is 18.7 Å². The van der Waals surface area contributed by atoms with Crippen molar-refractivity contribution in [3.8, 4) is 0 Å². The molecule has 2 aliphatic heterocycles. The average Bonchev–Trinajstić information content (AvgIpc) is 2.78. The minimum atomic E-state index is -3.53. The van der Waals surface area contributed by atoms with E-state index in [9.17, 15) is 13.2 Å². The fourth-order valence-electron chi connectivity index (χ4n) is 4.22. The molecule has 0 spiro atoms. The number of sulfonamides is 1. The van der Waals surface area contributed by atoms with E-state index in [0.29, 0.717) is 30.8 Å². The molecule has 2 aromatic carbocycles. The molecule has 0 radical (unpaired) electrons. The molecule has 2 aromatic rings. The van der Waals surface area contributed by atoms with Crippen molar-refractivity contribution < 1.29 is 17.9 Å². The highest BCUT2D eigenvalue weighted by Crippen LogP contribution is 2.32. The third-order valence-corrected chi connectivity index (χ3v) is 7.88. The van der Waals surface area contributed by atoms with Gasteiger partial charge in [0, 0.05) is 24.7 Å². The van der Waals surface area contributed by atoms with Gasteiger partial charge in [0.1, 0.15) is 6.61 Å². The predicted octanol–water partition coefficient (Wildman–Crippen LogP) is 4.34. The lowest BCUT2D eigenvalue weighted by Crippen LogP contribution is -2.50. The summed E-state index contributed by atoms with van der Waals surface area (Å²) in [6.07, 6.45) is 3.99. The van der Waals surface area contributed by atoms with E-state index in [1.807, 2.05) is 36.4 Å². The van der Waals surface area contributed by atoms with Crippen molar-refractivity contribution in [2.24, 2.45) is 0 Å². The standard InChI is InChI=1S/C23H28N2O4S/c1-2-3-6-18-9-11-21(12-10-18)30(27,28)24-15-13-20(14-16-24)25-22-8-5-4-7-19(22)17-29-23(25)26/h4-5,7-12,20H,2-3,6,13-17H2,1H3. The van der Waals surface area contributed by atoms with Crippen LogP contribution < -0.4 is 4.90 Å². The maximum atomic E-state index is 13.1. The van der Waals surface area contributed by atoms with E-state index in [2.05, 4.69) is 6.92 Å². The SMILES string of the molecule is CCCCc1ccc(S(=O)(=O)N2CCC(N3C(=O)OCc4ccccc43)CC2)cc1. The Bertz CT molecular complexity index is 996. The summed E-state index contributed by atoms with van der Waals surface area (Å²) in [5.41, 5.74) is 3.02. The molecule has 1 fully saturated rings. The first-order valence-electron chi connectivity index (χ1n) is 10.6. The summed E-state index contributed by atoms with van der Waals surface area (Å²) in [6.45, 7) is 3.20. The molecule has 7 heteroatoms. The van der Waals surface area contributed by atoms with Gasteiger partial charge in [-0.15, -0.1) is 0 Å². The van der Waals surface area contributed by atoms with Crippen molar-refractivity contribution in [2.45, 2.75) is 56.6 Å². The van der Waals surface area contributed by atoms with E-state index in [4.69, 9.17) is 4.74 Å². The van der Waals surface area contributed by atoms with Gasteiger partial charge < -0.3 is 4.74 Å². The molecule has 6 nitrogen and oxygen atoms in total. The number of hydrogen-bond donors (Lipinski definition) is 0. The summed E-state index contributed by atoms with van der Waals surface area (Å²) in [4.78, 5) is 14.5. The minimum Gasteiger partial charge on any atom is -0.444 e. The number of piperidine rings is 1. The van der Waals surface area contributed by atoms with Crippen LogP contribution in [0.2, 0.25) is 0 Å². The highest BCUT2D eigenvalue weighted by atomic mass is 32.2. The van der Waals surface area contributed by atoms with Crippen LogP contribution >= 0.6 is 0 Å². The topological polar surface area (TPSA) is 66.9 Å². The van der Waals surface area contributed by atoms with Gasteiger partial charge in [-0.3, -0.25) is 4.90 Å². The van der Waals surface area contributed by atoms with Gasteiger partial charge in [-0.2, -0.15) is 4.31 Å². The third kappa shape index (κ3) is 4.09. The molecule has 0 N–H and O–H groups in total. The summed E-state index contributed by atoms with van der Waals surface area (Å²) in [5, 5.41) is 0. The number of para-hydroxylation sites is 1. The Morgan fingerprint density at radius 2 is 1.73 bits per heavy atom. The zero-order valence-corrected chi connectivity index (χ0v) is 18.1. The van der Waals surface area contributed by atoms with Gasteiger partial charge in [0.25, 0.3) is 0 Å². The highest BCUT2D eigenvalue weighted by Gasteiger charge is 2.36. The molecule has 2 heterocycles. The Kier molecular flexibility index (Phi) is 6.11. The molecular weight excluding hydrogens is 400 g/mol. The van der Waals surface area contributed by atoms with Gasteiger partial charge in [-0.25, -0.2) is 13.2 Å². The maximum Gasteiger partial charge on any atom is 0.414 e. The quantitative estimate of drug-likeness (QED) is 0.686. The Labute approximate surface area is 178 Å². The van der Waals surface area contributed by atoms with Crippen LogP contribution in [-0.2, 0) is 27.8 Å². The second kappa shape index (κ2) is 8.78. The van der Waals surface area contributed by atoms with Crippen LogP contribution in [0.1, 0.15) is 43.7 Å². The number of benzene rings is 2. The number of carbonyl (C=O) groups is 1. The van der Waals surface area contributed by atoms with Crippen molar-refractivity contribution in [3.05, 3.63) is 59.7 Å². The van der Waals surface area contributed by atoms with Gasteiger partial charge in [-0.05, 0) is 49.4 Å². The number of ether oxygens (including phenoxy) is 1. The smallest absolute Gasteiger partial charge is 0.414 e. The first-order valence-corrected chi connectivity index (χ1v) is 12.1. The number of aryl methyl sites for hydroxylation is 1. The Hall–Kier alpha value is -2.38. The van der Waals surface area contributed by atoms with Gasteiger partial charge in [0.15, 0.2) is 0 Å². The first kappa shape index (κ1) is 20.9. The molecule has 0 unspecified atom stereocenters. The molecule has 1 amide bonds. The van der Waals surface area contributed by atoms with Crippen LogP contribution in [0.4, 0.5) is 10.5 Å². The molecule has 1 saturated heterocycles. The molecule has 0 aliphatic carbocycles. The Morgan fingerprint density at radius 3 is 2.43 bits per heavy atom. The number of amides is 1. The fraction of sp³-hybridized carbons (Fsp3) is 0.435. The number of unbranched alkanes of at least 4 members (excludes halogenated alkanes) is 1. The van der Waals surface area contributed by atoms with E-state index >= 15 is 0 Å². The van der Waals surface area contributed by atoms with E-state index in [1.54, 1.807) is 17.0 Å². The lowest BCUT2D eigenvalue weighted by molar-refractivity contribution is 0.136. The maximum absolute atomic E-state index is 13.1.